The van der Waals surface area contributed by atoms with Crippen LogP contribution in [0.15, 0.2) is 18.2 Å². The fourth-order valence-corrected chi connectivity index (χ4v) is 1.67. The van der Waals surface area contributed by atoms with E-state index in [1.807, 2.05) is 25.1 Å². The van der Waals surface area contributed by atoms with E-state index in [0.29, 0.717) is 12.2 Å². The Balaban J connectivity index is 2.32. The zero-order chi connectivity index (χ0) is 13.1. The molecule has 18 heavy (non-hydrogen) atoms. The van der Waals surface area contributed by atoms with Gasteiger partial charge in [0.25, 0.3) is 0 Å². The lowest BCUT2D eigenvalue weighted by molar-refractivity contribution is 0.0689. The molecular formula is C11H13N5O2. The van der Waals surface area contributed by atoms with Crippen molar-refractivity contribution < 1.29 is 9.90 Å². The Hall–Kier alpha value is -2.28. The standard InChI is InChI=1S/C11H13N5O2/c1-7-3-2-4-8(13-7)6-16-9(5-12)10(11(17)18)14-15-16/h2-4H,5-6,12H2,1H3,(H,17,18). The van der Waals surface area contributed by atoms with Crippen molar-refractivity contribution in [2.24, 2.45) is 5.73 Å². The lowest BCUT2D eigenvalue weighted by atomic mass is 10.3. The smallest absolute Gasteiger partial charge is 0.358 e. The fourth-order valence-electron chi connectivity index (χ4n) is 1.67. The second-order valence-corrected chi connectivity index (χ2v) is 3.82. The maximum absolute atomic E-state index is 10.9. The van der Waals surface area contributed by atoms with Crippen molar-refractivity contribution in [3.8, 4) is 0 Å². The van der Waals surface area contributed by atoms with Gasteiger partial charge < -0.3 is 10.8 Å². The van der Waals surface area contributed by atoms with Crippen LogP contribution in [0.1, 0.15) is 27.6 Å². The lowest BCUT2D eigenvalue weighted by Crippen LogP contribution is -2.13. The van der Waals surface area contributed by atoms with Gasteiger partial charge in [-0.3, -0.25) is 4.98 Å². The number of nitrogens with two attached hydrogens (primary N) is 1. The molecule has 2 aromatic heterocycles. The van der Waals surface area contributed by atoms with Crippen LogP contribution >= 0.6 is 0 Å². The van der Waals surface area contributed by atoms with Crippen molar-refractivity contribution in [3.63, 3.8) is 0 Å². The molecule has 0 unspecified atom stereocenters. The third kappa shape index (κ3) is 2.35. The summed E-state index contributed by atoms with van der Waals surface area (Å²) in [6.45, 7) is 2.31. The van der Waals surface area contributed by atoms with Crippen molar-refractivity contribution in [3.05, 3.63) is 41.0 Å². The number of hydrogen-bond acceptors (Lipinski definition) is 5. The van der Waals surface area contributed by atoms with Gasteiger partial charge in [-0.1, -0.05) is 11.3 Å². The Morgan fingerprint density at radius 3 is 2.89 bits per heavy atom. The van der Waals surface area contributed by atoms with Gasteiger partial charge in [0.15, 0.2) is 5.69 Å². The van der Waals surface area contributed by atoms with Crippen LogP contribution < -0.4 is 5.73 Å². The monoisotopic (exact) mass is 247 g/mol. The van der Waals surface area contributed by atoms with E-state index in [-0.39, 0.29) is 12.2 Å². The van der Waals surface area contributed by atoms with E-state index in [1.165, 1.54) is 4.68 Å². The summed E-state index contributed by atoms with van der Waals surface area (Å²) in [5.74, 6) is -1.13. The maximum Gasteiger partial charge on any atom is 0.358 e. The minimum atomic E-state index is -1.13. The van der Waals surface area contributed by atoms with Gasteiger partial charge in [0.05, 0.1) is 17.9 Å². The average molecular weight is 247 g/mol. The largest absolute Gasteiger partial charge is 0.476 e. The van der Waals surface area contributed by atoms with Crippen molar-refractivity contribution >= 4 is 5.97 Å². The van der Waals surface area contributed by atoms with Crippen molar-refractivity contribution in [2.75, 3.05) is 0 Å². The van der Waals surface area contributed by atoms with E-state index in [0.717, 1.165) is 11.4 Å². The summed E-state index contributed by atoms with van der Waals surface area (Å²) >= 11 is 0. The number of aryl methyl sites for hydroxylation is 1. The summed E-state index contributed by atoms with van der Waals surface area (Å²) in [7, 11) is 0. The predicted molar refractivity (Wildman–Crippen MR) is 62.9 cm³/mol. The molecule has 2 aromatic rings. The van der Waals surface area contributed by atoms with E-state index < -0.39 is 5.97 Å². The van der Waals surface area contributed by atoms with Gasteiger partial charge in [-0.15, -0.1) is 5.10 Å². The molecule has 2 rings (SSSR count). The molecule has 7 heteroatoms. The second-order valence-electron chi connectivity index (χ2n) is 3.82. The number of carboxylic acids is 1. The molecule has 0 radical (unpaired) electrons. The van der Waals surface area contributed by atoms with E-state index in [1.54, 1.807) is 0 Å². The summed E-state index contributed by atoms with van der Waals surface area (Å²) in [6, 6.07) is 5.61. The molecule has 7 nitrogen and oxygen atoms in total. The number of hydrogen-bond donors (Lipinski definition) is 2. The highest BCUT2D eigenvalue weighted by Gasteiger charge is 2.17. The first-order chi connectivity index (χ1) is 8.61. The number of carbonyl (C=O) groups is 1. The number of aromatic carboxylic acids is 1. The minimum Gasteiger partial charge on any atom is -0.476 e. The molecular weight excluding hydrogens is 234 g/mol. The molecule has 0 aliphatic rings. The number of rotatable bonds is 4. The molecule has 0 atom stereocenters. The number of nitrogens with zero attached hydrogens (tertiary/aromatic N) is 4. The Labute approximate surface area is 103 Å². The third-order valence-electron chi connectivity index (χ3n) is 2.49. The molecule has 0 spiro atoms. The van der Waals surface area contributed by atoms with E-state index in [9.17, 15) is 4.79 Å². The van der Waals surface area contributed by atoms with E-state index in [2.05, 4.69) is 15.3 Å². The van der Waals surface area contributed by atoms with Gasteiger partial charge >= 0.3 is 5.97 Å². The molecule has 0 saturated carbocycles. The normalized spacial score (nSPS) is 10.6. The van der Waals surface area contributed by atoms with Crippen LogP contribution in [-0.4, -0.2) is 31.1 Å². The topological polar surface area (TPSA) is 107 Å². The fraction of sp³-hybridized carbons (Fsp3) is 0.273. The second kappa shape index (κ2) is 4.92. The molecule has 0 aliphatic heterocycles. The average Bonchev–Trinajstić information content (AvgIpc) is 2.72. The Morgan fingerprint density at radius 1 is 1.50 bits per heavy atom. The lowest BCUT2D eigenvalue weighted by Gasteiger charge is -2.05. The van der Waals surface area contributed by atoms with Crippen LogP contribution in [0.25, 0.3) is 0 Å². The van der Waals surface area contributed by atoms with Gasteiger partial charge in [0.1, 0.15) is 0 Å². The Kier molecular flexibility index (Phi) is 3.33. The van der Waals surface area contributed by atoms with Crippen molar-refractivity contribution in [1.82, 2.24) is 20.0 Å². The minimum absolute atomic E-state index is 0.0699. The highest BCUT2D eigenvalue weighted by molar-refractivity contribution is 5.86. The predicted octanol–water partition coefficient (Wildman–Crippen LogP) is 0.187. The van der Waals surface area contributed by atoms with Crippen LogP contribution in [0.3, 0.4) is 0 Å². The van der Waals surface area contributed by atoms with Gasteiger partial charge in [0.2, 0.25) is 0 Å². The van der Waals surface area contributed by atoms with Gasteiger partial charge in [-0.25, -0.2) is 9.48 Å². The van der Waals surface area contributed by atoms with E-state index >= 15 is 0 Å². The maximum atomic E-state index is 10.9. The summed E-state index contributed by atoms with van der Waals surface area (Å²) in [5, 5.41) is 16.3. The zero-order valence-electron chi connectivity index (χ0n) is 9.87. The highest BCUT2D eigenvalue weighted by atomic mass is 16.4. The zero-order valence-corrected chi connectivity index (χ0v) is 9.87. The molecule has 2 heterocycles. The SMILES string of the molecule is Cc1cccc(Cn2nnc(C(=O)O)c2CN)n1. The first-order valence-corrected chi connectivity index (χ1v) is 5.40. The van der Waals surface area contributed by atoms with Crippen molar-refractivity contribution in [2.45, 2.75) is 20.0 Å². The van der Waals surface area contributed by atoms with Crippen LogP contribution in [-0.2, 0) is 13.1 Å². The summed E-state index contributed by atoms with van der Waals surface area (Å²) in [6.07, 6.45) is 0. The van der Waals surface area contributed by atoms with Gasteiger partial charge in [-0.2, -0.15) is 0 Å². The molecule has 94 valence electrons. The van der Waals surface area contributed by atoms with Crippen molar-refractivity contribution in [1.29, 1.82) is 0 Å². The molecule has 0 aliphatic carbocycles. The Morgan fingerprint density at radius 2 is 2.28 bits per heavy atom. The summed E-state index contributed by atoms with van der Waals surface area (Å²) in [4.78, 5) is 15.2. The third-order valence-corrected chi connectivity index (χ3v) is 2.49. The number of pyridine rings is 1. The Bertz CT molecular complexity index is 579. The van der Waals surface area contributed by atoms with Crippen LogP contribution in [0, 0.1) is 6.92 Å². The molecule has 0 amide bonds. The van der Waals surface area contributed by atoms with Crippen LogP contribution in [0.2, 0.25) is 0 Å². The van der Waals surface area contributed by atoms with Gasteiger partial charge in [0, 0.05) is 12.2 Å². The number of aromatic nitrogens is 4. The quantitative estimate of drug-likeness (QED) is 0.798. The molecule has 0 fully saturated rings. The highest BCUT2D eigenvalue weighted by Crippen LogP contribution is 2.07. The van der Waals surface area contributed by atoms with Crippen LogP contribution in [0.4, 0.5) is 0 Å². The first-order valence-electron chi connectivity index (χ1n) is 5.40. The molecule has 0 aromatic carbocycles. The number of carboxylic acid groups (broad SMARTS) is 1. The summed E-state index contributed by atoms with van der Waals surface area (Å²) < 4.78 is 1.46. The van der Waals surface area contributed by atoms with Gasteiger partial charge in [-0.05, 0) is 19.1 Å². The molecule has 3 N–H and O–H groups in total. The van der Waals surface area contributed by atoms with E-state index in [4.69, 9.17) is 10.8 Å². The van der Waals surface area contributed by atoms with Crippen LogP contribution in [0.5, 0.6) is 0 Å². The molecule has 0 saturated heterocycles. The first kappa shape index (κ1) is 12.2. The molecule has 0 bridgehead atoms. The summed E-state index contributed by atoms with van der Waals surface area (Å²) in [5.41, 5.74) is 7.49.